The molecule has 140 valence electrons. The predicted octanol–water partition coefficient (Wildman–Crippen LogP) is 2.26. The monoisotopic (exact) mass is 355 g/mol. The number of aliphatic hydroxyl groups excluding tert-OH is 1. The molecular weight excluding hydrogens is 326 g/mol. The fraction of sp³-hybridized carbons (Fsp3) is 0.476. The summed E-state index contributed by atoms with van der Waals surface area (Å²) in [5.41, 5.74) is 3.47. The smallest absolute Gasteiger partial charge is 0.119 e. The SMILES string of the molecule is Cc1cc(C)cc(OCC(O)CN2CCN(Cc3ccccn3)CC2)c1. The average Bonchev–Trinajstić information content (AvgIpc) is 2.62. The highest BCUT2D eigenvalue weighted by Gasteiger charge is 2.19. The number of benzene rings is 1. The number of aryl methyl sites for hydroxylation is 2. The molecule has 26 heavy (non-hydrogen) atoms. The molecule has 1 fully saturated rings. The molecule has 1 aliphatic heterocycles. The summed E-state index contributed by atoms with van der Waals surface area (Å²) in [6.45, 7) is 9.93. The van der Waals surface area contributed by atoms with Crippen LogP contribution in [0.3, 0.4) is 0 Å². The summed E-state index contributed by atoms with van der Waals surface area (Å²) in [5, 5.41) is 10.3. The summed E-state index contributed by atoms with van der Waals surface area (Å²) < 4.78 is 5.78. The van der Waals surface area contributed by atoms with Crippen molar-refractivity contribution in [3.8, 4) is 5.75 Å². The van der Waals surface area contributed by atoms with Crippen LogP contribution in [-0.4, -0.2) is 65.3 Å². The van der Waals surface area contributed by atoms with E-state index in [0.29, 0.717) is 13.2 Å². The first kappa shape index (κ1) is 18.8. The zero-order chi connectivity index (χ0) is 18.4. The summed E-state index contributed by atoms with van der Waals surface area (Å²) in [5.74, 6) is 0.835. The van der Waals surface area contributed by atoms with E-state index in [2.05, 4.69) is 40.8 Å². The minimum absolute atomic E-state index is 0.330. The molecule has 1 atom stereocenters. The van der Waals surface area contributed by atoms with Crippen LogP contribution in [0, 0.1) is 13.8 Å². The Morgan fingerprint density at radius 1 is 1.04 bits per heavy atom. The minimum Gasteiger partial charge on any atom is -0.491 e. The van der Waals surface area contributed by atoms with Crippen molar-refractivity contribution < 1.29 is 9.84 Å². The van der Waals surface area contributed by atoms with Crippen molar-refractivity contribution in [2.24, 2.45) is 0 Å². The van der Waals surface area contributed by atoms with Gasteiger partial charge in [0.2, 0.25) is 0 Å². The molecule has 0 radical (unpaired) electrons. The maximum Gasteiger partial charge on any atom is 0.119 e. The van der Waals surface area contributed by atoms with Crippen molar-refractivity contribution in [2.45, 2.75) is 26.5 Å². The fourth-order valence-corrected chi connectivity index (χ4v) is 3.41. The molecule has 1 unspecified atom stereocenters. The van der Waals surface area contributed by atoms with E-state index in [1.54, 1.807) is 0 Å². The fourth-order valence-electron chi connectivity index (χ4n) is 3.41. The van der Waals surface area contributed by atoms with Crippen LogP contribution < -0.4 is 4.74 Å². The van der Waals surface area contributed by atoms with Gasteiger partial charge >= 0.3 is 0 Å². The Morgan fingerprint density at radius 2 is 1.73 bits per heavy atom. The molecule has 2 heterocycles. The van der Waals surface area contributed by atoms with Crippen LogP contribution in [-0.2, 0) is 6.54 Å². The Hall–Kier alpha value is -1.95. The lowest BCUT2D eigenvalue weighted by Gasteiger charge is -2.35. The van der Waals surface area contributed by atoms with E-state index in [0.717, 1.165) is 44.2 Å². The van der Waals surface area contributed by atoms with Crippen molar-refractivity contribution in [1.29, 1.82) is 0 Å². The summed E-state index contributed by atoms with van der Waals surface area (Å²) in [4.78, 5) is 9.12. The first-order valence-corrected chi connectivity index (χ1v) is 9.32. The molecule has 0 bridgehead atoms. The van der Waals surface area contributed by atoms with Gasteiger partial charge in [-0.1, -0.05) is 12.1 Å². The third kappa shape index (κ3) is 5.80. The number of piperazine rings is 1. The molecule has 1 aliphatic rings. The first-order chi connectivity index (χ1) is 12.6. The largest absolute Gasteiger partial charge is 0.491 e. The van der Waals surface area contributed by atoms with Crippen molar-refractivity contribution in [2.75, 3.05) is 39.3 Å². The van der Waals surface area contributed by atoms with Crippen molar-refractivity contribution >= 4 is 0 Å². The first-order valence-electron chi connectivity index (χ1n) is 9.32. The summed E-state index contributed by atoms with van der Waals surface area (Å²) in [7, 11) is 0. The summed E-state index contributed by atoms with van der Waals surface area (Å²) in [6.07, 6.45) is 1.37. The van der Waals surface area contributed by atoms with E-state index in [4.69, 9.17) is 4.74 Å². The van der Waals surface area contributed by atoms with Gasteiger partial charge in [0, 0.05) is 45.5 Å². The Bertz CT molecular complexity index is 665. The molecular formula is C21H29N3O2. The summed E-state index contributed by atoms with van der Waals surface area (Å²) in [6, 6.07) is 12.2. The maximum atomic E-state index is 10.3. The van der Waals surface area contributed by atoms with E-state index in [9.17, 15) is 5.11 Å². The lowest BCUT2D eigenvalue weighted by atomic mass is 10.1. The number of ether oxygens (including phenoxy) is 1. The molecule has 0 spiro atoms. The Morgan fingerprint density at radius 3 is 2.38 bits per heavy atom. The molecule has 1 N–H and O–H groups in total. The van der Waals surface area contributed by atoms with Gasteiger partial charge in [-0.2, -0.15) is 0 Å². The van der Waals surface area contributed by atoms with E-state index >= 15 is 0 Å². The second-order valence-electron chi connectivity index (χ2n) is 7.19. The molecule has 2 aromatic rings. The van der Waals surface area contributed by atoms with Crippen LogP contribution in [0.1, 0.15) is 16.8 Å². The number of rotatable bonds is 7. The van der Waals surface area contributed by atoms with Gasteiger partial charge in [0.15, 0.2) is 0 Å². The number of pyridine rings is 1. The molecule has 1 aromatic heterocycles. The van der Waals surface area contributed by atoms with Gasteiger partial charge in [0.1, 0.15) is 18.5 Å². The highest BCUT2D eigenvalue weighted by molar-refractivity contribution is 5.33. The van der Waals surface area contributed by atoms with Crippen LogP contribution in [0.25, 0.3) is 0 Å². The Labute approximate surface area is 156 Å². The second kappa shape index (κ2) is 9.12. The van der Waals surface area contributed by atoms with Gasteiger partial charge in [-0.3, -0.25) is 14.8 Å². The van der Waals surface area contributed by atoms with E-state index in [-0.39, 0.29) is 0 Å². The Balaban J connectivity index is 1.38. The predicted molar refractivity (Wildman–Crippen MR) is 103 cm³/mol. The van der Waals surface area contributed by atoms with Crippen molar-refractivity contribution in [1.82, 2.24) is 14.8 Å². The third-order valence-electron chi connectivity index (χ3n) is 4.68. The maximum absolute atomic E-state index is 10.3. The van der Waals surface area contributed by atoms with Crippen molar-refractivity contribution in [3.05, 3.63) is 59.4 Å². The summed E-state index contributed by atoms with van der Waals surface area (Å²) >= 11 is 0. The molecule has 0 saturated carbocycles. The second-order valence-corrected chi connectivity index (χ2v) is 7.19. The lowest BCUT2D eigenvalue weighted by Crippen LogP contribution is -2.48. The molecule has 3 rings (SSSR count). The van der Waals surface area contributed by atoms with E-state index < -0.39 is 6.10 Å². The van der Waals surface area contributed by atoms with Gasteiger partial charge in [-0.25, -0.2) is 0 Å². The highest BCUT2D eigenvalue weighted by atomic mass is 16.5. The number of hydrogen-bond acceptors (Lipinski definition) is 5. The highest BCUT2D eigenvalue weighted by Crippen LogP contribution is 2.16. The van der Waals surface area contributed by atoms with Crippen LogP contribution in [0.5, 0.6) is 5.75 Å². The Kier molecular flexibility index (Phi) is 6.61. The number of aliphatic hydroxyl groups is 1. The molecule has 1 saturated heterocycles. The van der Waals surface area contributed by atoms with Gasteiger partial charge in [0.05, 0.1) is 5.69 Å². The molecule has 5 nitrogen and oxygen atoms in total. The van der Waals surface area contributed by atoms with E-state index in [1.807, 2.05) is 30.5 Å². The van der Waals surface area contributed by atoms with Crippen LogP contribution in [0.15, 0.2) is 42.6 Å². The third-order valence-corrected chi connectivity index (χ3v) is 4.68. The number of nitrogens with zero attached hydrogens (tertiary/aromatic N) is 3. The molecule has 0 amide bonds. The zero-order valence-electron chi connectivity index (χ0n) is 15.8. The lowest BCUT2D eigenvalue weighted by molar-refractivity contribution is 0.0444. The number of β-amino-alcohol motifs (C(OH)–C–C–N with tert-alkyl or cyclic N) is 1. The van der Waals surface area contributed by atoms with Crippen LogP contribution in [0.2, 0.25) is 0 Å². The van der Waals surface area contributed by atoms with Crippen LogP contribution in [0.4, 0.5) is 0 Å². The standard InChI is InChI=1S/C21H29N3O2/c1-17-11-18(2)13-21(12-17)26-16-20(25)15-24-9-7-23(8-10-24)14-19-5-3-4-6-22-19/h3-6,11-13,20,25H,7-10,14-16H2,1-2H3. The minimum atomic E-state index is -0.474. The molecule has 0 aliphatic carbocycles. The zero-order valence-corrected chi connectivity index (χ0v) is 15.8. The topological polar surface area (TPSA) is 48.8 Å². The average molecular weight is 355 g/mol. The van der Waals surface area contributed by atoms with E-state index in [1.165, 1.54) is 11.1 Å². The van der Waals surface area contributed by atoms with Gasteiger partial charge in [-0.15, -0.1) is 0 Å². The number of hydrogen-bond donors (Lipinski definition) is 1. The number of aromatic nitrogens is 1. The quantitative estimate of drug-likeness (QED) is 0.826. The van der Waals surface area contributed by atoms with Crippen LogP contribution >= 0.6 is 0 Å². The normalized spacial score (nSPS) is 17.2. The van der Waals surface area contributed by atoms with Gasteiger partial charge in [0.25, 0.3) is 0 Å². The van der Waals surface area contributed by atoms with Gasteiger partial charge < -0.3 is 9.84 Å². The molecule has 5 heteroatoms. The van der Waals surface area contributed by atoms with Crippen molar-refractivity contribution in [3.63, 3.8) is 0 Å². The van der Waals surface area contributed by atoms with Gasteiger partial charge in [-0.05, 0) is 49.2 Å². The molecule has 1 aromatic carbocycles.